The third-order valence-corrected chi connectivity index (χ3v) is 6.48. The van der Waals surface area contributed by atoms with Crippen LogP contribution >= 0.6 is 0 Å². The molecule has 0 aromatic heterocycles. The van der Waals surface area contributed by atoms with Crippen LogP contribution in [-0.4, -0.2) is 27.1 Å². The van der Waals surface area contributed by atoms with Gasteiger partial charge in [-0.05, 0) is 23.1 Å². The van der Waals surface area contributed by atoms with Crippen molar-refractivity contribution in [2.75, 3.05) is 6.26 Å². The summed E-state index contributed by atoms with van der Waals surface area (Å²) in [6.07, 6.45) is 1.77. The molecule has 0 fully saturated rings. The Morgan fingerprint density at radius 1 is 0.968 bits per heavy atom. The van der Waals surface area contributed by atoms with Gasteiger partial charge in [0.15, 0.2) is 11.3 Å². The van der Waals surface area contributed by atoms with E-state index in [1.165, 1.54) is 6.26 Å². The highest BCUT2D eigenvalue weighted by atomic mass is 32.2. The number of rotatable bonds is 5. The number of aliphatic imine (C=N–C) groups is 1. The number of ketones is 1. The maximum absolute atomic E-state index is 13.9. The Morgan fingerprint density at radius 3 is 2.03 bits per heavy atom. The Hall–Kier alpha value is -3.38. The van der Waals surface area contributed by atoms with Gasteiger partial charge in [-0.3, -0.25) is 14.4 Å². The largest absolute Gasteiger partial charge is 0.387 e. The zero-order valence-electron chi connectivity index (χ0n) is 17.1. The molecule has 0 aliphatic carbocycles. The molecule has 0 amide bonds. The lowest BCUT2D eigenvalue weighted by atomic mass is 9.76. The first-order valence-corrected chi connectivity index (χ1v) is 11.5. The topological polar surface area (TPSA) is 96.4 Å². The molecule has 3 N–H and O–H groups in total. The van der Waals surface area contributed by atoms with Crippen LogP contribution in [-0.2, 0) is 27.6 Å². The molecule has 4 rings (SSSR count). The van der Waals surface area contributed by atoms with Crippen molar-refractivity contribution < 1.29 is 9.00 Å². The molecule has 0 bridgehead atoms. The quantitative estimate of drug-likeness (QED) is 0.480. The second-order valence-corrected chi connectivity index (χ2v) is 8.86. The van der Waals surface area contributed by atoms with Crippen molar-refractivity contribution in [2.45, 2.75) is 12.0 Å². The molecule has 0 radical (unpaired) electrons. The van der Waals surface area contributed by atoms with Gasteiger partial charge in [-0.25, -0.2) is 4.99 Å². The van der Waals surface area contributed by atoms with E-state index >= 15 is 0 Å². The molecule has 1 heterocycles. The SMILES string of the molecule is CS(=O)C(=N)c1ccccc1CC1C(=O)C(c2ccccc2)(c2ccccc2)N=C1N. The van der Waals surface area contributed by atoms with E-state index in [-0.39, 0.29) is 16.7 Å². The van der Waals surface area contributed by atoms with E-state index in [4.69, 9.17) is 16.1 Å². The number of carbonyl (C=O) groups excluding carboxylic acids is 1. The third kappa shape index (κ3) is 3.64. The molecule has 3 aromatic carbocycles. The molecule has 0 saturated heterocycles. The summed E-state index contributed by atoms with van der Waals surface area (Å²) in [5.74, 6) is -0.460. The Kier molecular flexibility index (Phi) is 5.65. The van der Waals surface area contributed by atoms with Gasteiger partial charge in [0.1, 0.15) is 10.9 Å². The predicted molar refractivity (Wildman–Crippen MR) is 125 cm³/mol. The van der Waals surface area contributed by atoms with Gasteiger partial charge in [-0.15, -0.1) is 0 Å². The summed E-state index contributed by atoms with van der Waals surface area (Å²) in [6, 6.07) is 26.2. The van der Waals surface area contributed by atoms with E-state index in [9.17, 15) is 9.00 Å². The summed E-state index contributed by atoms with van der Waals surface area (Å²) in [5, 5.41) is 8.24. The number of hydrogen-bond donors (Lipinski definition) is 2. The number of nitrogens with two attached hydrogens (primary N) is 1. The first kappa shape index (κ1) is 20.9. The van der Waals surface area contributed by atoms with E-state index in [0.717, 1.165) is 16.7 Å². The van der Waals surface area contributed by atoms with Crippen molar-refractivity contribution >= 4 is 27.5 Å². The number of hydrogen-bond acceptors (Lipinski definition) is 5. The van der Waals surface area contributed by atoms with Crippen molar-refractivity contribution in [2.24, 2.45) is 16.6 Å². The highest BCUT2D eigenvalue weighted by Gasteiger charge is 2.51. The van der Waals surface area contributed by atoms with Crippen LogP contribution < -0.4 is 5.73 Å². The van der Waals surface area contributed by atoms with Crippen LogP contribution in [0.4, 0.5) is 0 Å². The fraction of sp³-hybridized carbons (Fsp3) is 0.160. The number of benzene rings is 3. The fourth-order valence-electron chi connectivity index (χ4n) is 4.14. The summed E-state index contributed by atoms with van der Waals surface area (Å²) in [5.41, 5.74) is 8.04. The first-order chi connectivity index (χ1) is 14.9. The van der Waals surface area contributed by atoms with Crippen LogP contribution in [0.15, 0.2) is 89.9 Å². The molecule has 5 nitrogen and oxygen atoms in total. The van der Waals surface area contributed by atoms with Gasteiger partial charge in [0.25, 0.3) is 0 Å². The van der Waals surface area contributed by atoms with Crippen LogP contribution in [0, 0.1) is 11.3 Å². The highest BCUT2D eigenvalue weighted by Crippen LogP contribution is 2.42. The molecular weight excluding hydrogens is 406 g/mol. The summed E-state index contributed by atoms with van der Waals surface area (Å²) >= 11 is 0. The molecule has 3 aromatic rings. The van der Waals surface area contributed by atoms with Crippen LogP contribution in [0.5, 0.6) is 0 Å². The van der Waals surface area contributed by atoms with Crippen LogP contribution in [0.25, 0.3) is 0 Å². The smallest absolute Gasteiger partial charge is 0.180 e. The molecule has 0 spiro atoms. The molecule has 2 unspecified atom stereocenters. The standard InChI is InChI=1S/C25H23N3O2S/c1-31(30)24(27)20-15-9-8-10-17(20)16-21-22(29)25(28-23(21)26,18-11-4-2-5-12-18)19-13-6-3-7-14-19/h2-15,21,27H,16H2,1H3,(H2,26,28). The minimum atomic E-state index is -1.43. The van der Waals surface area contributed by atoms with Gasteiger partial charge >= 0.3 is 0 Å². The zero-order valence-corrected chi connectivity index (χ0v) is 17.9. The lowest BCUT2D eigenvalue weighted by molar-refractivity contribution is -0.123. The number of carbonyl (C=O) groups is 1. The van der Waals surface area contributed by atoms with Gasteiger partial charge in [0.05, 0.1) is 16.7 Å². The predicted octanol–water partition coefficient (Wildman–Crippen LogP) is 3.43. The summed E-state index contributed by atoms with van der Waals surface area (Å²) < 4.78 is 11.9. The van der Waals surface area contributed by atoms with E-state index in [2.05, 4.69) is 0 Å². The van der Waals surface area contributed by atoms with Crippen molar-refractivity contribution in [3.63, 3.8) is 0 Å². The van der Waals surface area contributed by atoms with E-state index < -0.39 is 22.3 Å². The lowest BCUT2D eigenvalue weighted by Gasteiger charge is -2.27. The van der Waals surface area contributed by atoms with Crippen molar-refractivity contribution in [1.82, 2.24) is 0 Å². The van der Waals surface area contributed by atoms with Gasteiger partial charge in [0.2, 0.25) is 0 Å². The zero-order chi connectivity index (χ0) is 22.0. The molecule has 0 saturated carbocycles. The van der Waals surface area contributed by atoms with Crippen molar-refractivity contribution in [1.29, 1.82) is 5.41 Å². The molecular formula is C25H23N3O2S. The monoisotopic (exact) mass is 429 g/mol. The normalized spacial score (nSPS) is 18.4. The van der Waals surface area contributed by atoms with Crippen LogP contribution in [0.1, 0.15) is 22.3 Å². The average Bonchev–Trinajstić information content (AvgIpc) is 3.05. The Morgan fingerprint density at radius 2 is 1.48 bits per heavy atom. The molecule has 31 heavy (non-hydrogen) atoms. The van der Waals surface area contributed by atoms with Crippen molar-refractivity contribution in [3.05, 3.63) is 107 Å². The minimum absolute atomic E-state index is 0.0361. The van der Waals surface area contributed by atoms with E-state index in [1.54, 1.807) is 12.1 Å². The highest BCUT2D eigenvalue weighted by molar-refractivity contribution is 8.00. The Labute approximate surface area is 184 Å². The molecule has 156 valence electrons. The molecule has 6 heteroatoms. The van der Waals surface area contributed by atoms with Gasteiger partial charge < -0.3 is 5.73 Å². The van der Waals surface area contributed by atoms with Crippen LogP contribution in [0.2, 0.25) is 0 Å². The number of nitrogens with one attached hydrogen (secondary N) is 1. The molecule has 1 aliphatic rings. The number of Topliss-reactive ketones (excluding diaryl/α,β-unsaturated/α-hetero) is 1. The summed E-state index contributed by atoms with van der Waals surface area (Å²) in [7, 11) is -1.43. The first-order valence-electron chi connectivity index (χ1n) is 9.96. The lowest BCUT2D eigenvalue weighted by Crippen LogP contribution is -2.37. The number of nitrogens with zero attached hydrogens (tertiary/aromatic N) is 1. The van der Waals surface area contributed by atoms with Crippen molar-refractivity contribution in [3.8, 4) is 0 Å². The van der Waals surface area contributed by atoms with Gasteiger partial charge in [-0.2, -0.15) is 0 Å². The molecule has 2 atom stereocenters. The van der Waals surface area contributed by atoms with Gasteiger partial charge in [-0.1, -0.05) is 84.9 Å². The average molecular weight is 430 g/mol. The molecule has 1 aliphatic heterocycles. The van der Waals surface area contributed by atoms with Crippen LogP contribution in [0.3, 0.4) is 0 Å². The Balaban J connectivity index is 1.79. The van der Waals surface area contributed by atoms with Gasteiger partial charge in [0, 0.05) is 11.8 Å². The van der Waals surface area contributed by atoms with E-state index in [1.807, 2.05) is 72.8 Å². The minimum Gasteiger partial charge on any atom is -0.387 e. The fourth-order valence-corrected chi connectivity index (χ4v) is 4.65. The summed E-state index contributed by atoms with van der Waals surface area (Å²) in [4.78, 5) is 18.7. The Bertz CT molecular complexity index is 1150. The third-order valence-electron chi connectivity index (χ3n) is 5.68. The second-order valence-electron chi connectivity index (χ2n) is 7.54. The second kappa shape index (κ2) is 8.40. The number of amidine groups is 1. The maximum atomic E-state index is 13.9. The summed E-state index contributed by atoms with van der Waals surface area (Å²) in [6.45, 7) is 0. The maximum Gasteiger partial charge on any atom is 0.180 e. The van der Waals surface area contributed by atoms with E-state index in [0.29, 0.717) is 12.0 Å².